The summed E-state index contributed by atoms with van der Waals surface area (Å²) in [5.41, 5.74) is 1.32. The summed E-state index contributed by atoms with van der Waals surface area (Å²) in [5.74, 6) is 0.480. The average Bonchev–Trinajstić information content (AvgIpc) is 2.67. The minimum Gasteiger partial charge on any atom is -0.491 e. The fraction of sp³-hybridized carbons (Fsp3) is 0.409. The summed E-state index contributed by atoms with van der Waals surface area (Å²) < 4.78 is 33.0. The lowest BCUT2D eigenvalue weighted by Gasteiger charge is -2.17. The SMILES string of the molecule is CCC(C)NS(=O)(=O)c1ccc(C(=O)NC(C)c2cccc(OC(C)C)c2)cc1. The van der Waals surface area contributed by atoms with Crippen LogP contribution in [0.3, 0.4) is 0 Å². The molecule has 2 atom stereocenters. The molecule has 0 aliphatic carbocycles. The summed E-state index contributed by atoms with van der Waals surface area (Å²) in [7, 11) is -3.59. The number of hydrogen-bond acceptors (Lipinski definition) is 4. The minimum atomic E-state index is -3.59. The number of nitrogens with one attached hydrogen (secondary N) is 2. The van der Waals surface area contributed by atoms with Crippen molar-refractivity contribution in [3.63, 3.8) is 0 Å². The fourth-order valence-corrected chi connectivity index (χ4v) is 4.02. The summed E-state index contributed by atoms with van der Waals surface area (Å²) >= 11 is 0. The number of carbonyl (C=O) groups is 1. The second kappa shape index (κ2) is 9.89. The van der Waals surface area contributed by atoms with Crippen LogP contribution in [0.1, 0.15) is 63.0 Å². The molecule has 1 amide bonds. The monoisotopic (exact) mass is 418 g/mol. The first-order valence-corrected chi connectivity index (χ1v) is 11.3. The number of hydrogen-bond donors (Lipinski definition) is 2. The van der Waals surface area contributed by atoms with Gasteiger partial charge in [0.1, 0.15) is 5.75 Å². The quantitative estimate of drug-likeness (QED) is 0.644. The van der Waals surface area contributed by atoms with Gasteiger partial charge in [0.15, 0.2) is 0 Å². The van der Waals surface area contributed by atoms with Gasteiger partial charge in [0, 0.05) is 11.6 Å². The molecule has 6 nitrogen and oxygen atoms in total. The molecule has 0 spiro atoms. The van der Waals surface area contributed by atoms with Gasteiger partial charge in [-0.2, -0.15) is 0 Å². The highest BCUT2D eigenvalue weighted by atomic mass is 32.2. The Morgan fingerprint density at radius 2 is 1.69 bits per heavy atom. The van der Waals surface area contributed by atoms with Gasteiger partial charge in [0.2, 0.25) is 10.0 Å². The van der Waals surface area contributed by atoms with Gasteiger partial charge in [-0.05, 0) is 76.1 Å². The van der Waals surface area contributed by atoms with Gasteiger partial charge in [0.05, 0.1) is 17.0 Å². The van der Waals surface area contributed by atoms with Crippen molar-refractivity contribution in [1.82, 2.24) is 10.0 Å². The average molecular weight is 419 g/mol. The summed E-state index contributed by atoms with van der Waals surface area (Å²) in [6.07, 6.45) is 0.765. The molecule has 0 aliphatic heterocycles. The third-order valence-electron chi connectivity index (χ3n) is 4.47. The Hall–Kier alpha value is -2.38. The molecule has 2 aromatic carbocycles. The van der Waals surface area contributed by atoms with Crippen LogP contribution in [0.25, 0.3) is 0 Å². The predicted octanol–water partition coefficient (Wildman–Crippen LogP) is 4.04. The zero-order valence-corrected chi connectivity index (χ0v) is 18.4. The van der Waals surface area contributed by atoms with E-state index >= 15 is 0 Å². The zero-order chi connectivity index (χ0) is 21.6. The van der Waals surface area contributed by atoms with Gasteiger partial charge < -0.3 is 10.1 Å². The van der Waals surface area contributed by atoms with E-state index < -0.39 is 10.0 Å². The molecule has 7 heteroatoms. The van der Waals surface area contributed by atoms with Crippen molar-refractivity contribution in [3.05, 3.63) is 59.7 Å². The van der Waals surface area contributed by atoms with Crippen LogP contribution in [0.15, 0.2) is 53.4 Å². The standard InChI is InChI=1S/C22H30N2O4S/c1-6-16(4)24-29(26,27)21-12-10-18(11-13-21)22(25)23-17(5)19-8-7-9-20(14-19)28-15(2)3/h7-17,24H,6H2,1-5H3,(H,23,25). The van der Waals surface area contributed by atoms with Gasteiger partial charge in [0.25, 0.3) is 5.91 Å². The molecule has 0 bridgehead atoms. The van der Waals surface area contributed by atoms with Crippen molar-refractivity contribution in [1.29, 1.82) is 0 Å². The molecule has 0 saturated carbocycles. The molecular weight excluding hydrogens is 388 g/mol. The highest BCUT2D eigenvalue weighted by Crippen LogP contribution is 2.21. The topological polar surface area (TPSA) is 84.5 Å². The molecule has 0 aromatic heterocycles. The largest absolute Gasteiger partial charge is 0.491 e. The second-order valence-corrected chi connectivity index (χ2v) is 9.10. The summed E-state index contributed by atoms with van der Waals surface area (Å²) in [6, 6.07) is 13.1. The first-order chi connectivity index (χ1) is 13.6. The van der Waals surface area contributed by atoms with Gasteiger partial charge >= 0.3 is 0 Å². The molecule has 0 saturated heterocycles. The van der Waals surface area contributed by atoms with Crippen LogP contribution in [0.2, 0.25) is 0 Å². The van der Waals surface area contributed by atoms with E-state index in [0.717, 1.165) is 11.3 Å². The molecular formula is C22H30N2O4S. The third kappa shape index (κ3) is 6.58. The molecule has 2 unspecified atom stereocenters. The Morgan fingerprint density at radius 3 is 2.28 bits per heavy atom. The van der Waals surface area contributed by atoms with Crippen LogP contribution in [0.4, 0.5) is 0 Å². The van der Waals surface area contributed by atoms with Gasteiger partial charge in [-0.15, -0.1) is 0 Å². The van der Waals surface area contributed by atoms with E-state index in [1.807, 2.05) is 58.9 Å². The lowest BCUT2D eigenvalue weighted by atomic mass is 10.1. The van der Waals surface area contributed by atoms with Crippen LogP contribution in [0, 0.1) is 0 Å². The van der Waals surface area contributed by atoms with Crippen molar-refractivity contribution >= 4 is 15.9 Å². The van der Waals surface area contributed by atoms with E-state index in [4.69, 9.17) is 4.74 Å². The molecule has 0 heterocycles. The Bertz CT molecular complexity index is 924. The molecule has 2 rings (SSSR count). The number of ether oxygens (including phenoxy) is 1. The van der Waals surface area contributed by atoms with Gasteiger partial charge in [-0.25, -0.2) is 13.1 Å². The lowest BCUT2D eigenvalue weighted by molar-refractivity contribution is 0.0939. The van der Waals surface area contributed by atoms with Crippen molar-refractivity contribution in [2.75, 3.05) is 0 Å². The Balaban J connectivity index is 2.07. The predicted molar refractivity (Wildman–Crippen MR) is 115 cm³/mol. The summed E-state index contributed by atoms with van der Waals surface area (Å²) in [4.78, 5) is 12.7. The Kier molecular flexibility index (Phi) is 7.81. The van der Waals surface area contributed by atoms with Crippen molar-refractivity contribution in [2.24, 2.45) is 0 Å². The van der Waals surface area contributed by atoms with Gasteiger partial charge in [-0.3, -0.25) is 4.79 Å². The first-order valence-electron chi connectivity index (χ1n) is 9.82. The fourth-order valence-electron chi connectivity index (χ4n) is 2.69. The van der Waals surface area contributed by atoms with E-state index in [2.05, 4.69) is 10.0 Å². The molecule has 2 aromatic rings. The molecule has 158 valence electrons. The van der Waals surface area contributed by atoms with E-state index in [1.165, 1.54) is 24.3 Å². The number of sulfonamides is 1. The molecule has 29 heavy (non-hydrogen) atoms. The minimum absolute atomic E-state index is 0.0692. The highest BCUT2D eigenvalue weighted by molar-refractivity contribution is 7.89. The van der Waals surface area contributed by atoms with Crippen LogP contribution >= 0.6 is 0 Å². The van der Waals surface area contributed by atoms with Gasteiger partial charge in [-0.1, -0.05) is 19.1 Å². The number of benzene rings is 2. The Labute approximate surface area is 173 Å². The maximum atomic E-state index is 12.6. The van der Waals surface area contributed by atoms with E-state index in [-0.39, 0.29) is 29.0 Å². The van der Waals surface area contributed by atoms with Crippen LogP contribution in [-0.2, 0) is 10.0 Å². The molecule has 0 fully saturated rings. The molecule has 0 radical (unpaired) electrons. The zero-order valence-electron chi connectivity index (χ0n) is 17.6. The number of rotatable bonds is 9. The maximum absolute atomic E-state index is 12.6. The summed E-state index contributed by atoms with van der Waals surface area (Å²) in [5, 5.41) is 2.93. The smallest absolute Gasteiger partial charge is 0.251 e. The van der Waals surface area contributed by atoms with Crippen LogP contribution < -0.4 is 14.8 Å². The molecule has 0 aliphatic rings. The van der Waals surface area contributed by atoms with E-state index in [9.17, 15) is 13.2 Å². The maximum Gasteiger partial charge on any atom is 0.251 e. The summed E-state index contributed by atoms with van der Waals surface area (Å²) in [6.45, 7) is 9.52. The van der Waals surface area contributed by atoms with Crippen LogP contribution in [0.5, 0.6) is 5.75 Å². The Morgan fingerprint density at radius 1 is 1.03 bits per heavy atom. The number of amides is 1. The number of carbonyl (C=O) groups excluding carboxylic acids is 1. The first kappa shape index (κ1) is 22.9. The third-order valence-corrected chi connectivity index (χ3v) is 6.08. The lowest BCUT2D eigenvalue weighted by Crippen LogP contribution is -2.32. The van der Waals surface area contributed by atoms with Crippen molar-refractivity contribution < 1.29 is 17.9 Å². The normalized spacial score (nSPS) is 13.7. The van der Waals surface area contributed by atoms with Crippen LogP contribution in [-0.4, -0.2) is 26.5 Å². The van der Waals surface area contributed by atoms with Crippen molar-refractivity contribution in [2.45, 2.75) is 64.1 Å². The van der Waals surface area contributed by atoms with E-state index in [0.29, 0.717) is 12.0 Å². The van der Waals surface area contributed by atoms with E-state index in [1.54, 1.807) is 0 Å². The second-order valence-electron chi connectivity index (χ2n) is 7.39. The van der Waals surface area contributed by atoms with Crippen molar-refractivity contribution in [3.8, 4) is 5.75 Å². The highest BCUT2D eigenvalue weighted by Gasteiger charge is 2.18. The molecule has 2 N–H and O–H groups in total.